The molecular weight excluding hydrogens is 384 g/mol. The largest absolute Gasteiger partial charge is 0.487 e. The average Bonchev–Trinajstić information content (AvgIpc) is 2.74. The molecule has 0 aromatic heterocycles. The molecule has 1 aromatic carbocycles. The van der Waals surface area contributed by atoms with Crippen LogP contribution in [0.3, 0.4) is 0 Å². The number of hydrogen-bond donors (Lipinski definition) is 0. The molecule has 0 radical (unpaired) electrons. The van der Waals surface area contributed by atoms with E-state index in [1.165, 1.54) is 25.3 Å². The van der Waals surface area contributed by atoms with E-state index in [9.17, 15) is 9.59 Å². The smallest absolute Gasteiger partial charge is 0.305 e. The lowest BCUT2D eigenvalue weighted by atomic mass is 9.80. The highest BCUT2D eigenvalue weighted by Crippen LogP contribution is 2.49. The molecule has 2 heterocycles. The summed E-state index contributed by atoms with van der Waals surface area (Å²) in [6.45, 7) is 8.30. The molecule has 0 fully saturated rings. The number of fused-ring (bicyclic) bond motifs is 3. The minimum atomic E-state index is -0.378. The van der Waals surface area contributed by atoms with Crippen LogP contribution >= 0.6 is 0 Å². The summed E-state index contributed by atoms with van der Waals surface area (Å²) in [5, 5.41) is 0. The number of rotatable bonds is 6. The standard InChI is InChI=1S/C24H34O6/c1-15-16(2)22-18(8-12-24(4,30-22)14-10-20(26)28-6)17-7-11-23(3,29-21(15)17)13-9-19(25)27-5/h7-14H2,1-6H3. The zero-order valence-corrected chi connectivity index (χ0v) is 19.1. The van der Waals surface area contributed by atoms with Gasteiger partial charge in [0.15, 0.2) is 0 Å². The van der Waals surface area contributed by atoms with Gasteiger partial charge in [0.05, 0.1) is 14.2 Å². The van der Waals surface area contributed by atoms with Crippen molar-refractivity contribution in [2.45, 2.75) is 90.3 Å². The van der Waals surface area contributed by atoms with Crippen LogP contribution in [-0.2, 0) is 31.9 Å². The van der Waals surface area contributed by atoms with Crippen molar-refractivity contribution in [3.63, 3.8) is 0 Å². The lowest BCUT2D eigenvalue weighted by molar-refractivity contribution is -0.142. The number of esters is 2. The van der Waals surface area contributed by atoms with Crippen molar-refractivity contribution in [3.8, 4) is 11.5 Å². The molecule has 0 N–H and O–H groups in total. The van der Waals surface area contributed by atoms with Gasteiger partial charge in [-0.2, -0.15) is 0 Å². The van der Waals surface area contributed by atoms with Crippen molar-refractivity contribution in [1.29, 1.82) is 0 Å². The van der Waals surface area contributed by atoms with Gasteiger partial charge in [0.2, 0.25) is 0 Å². The second-order valence-corrected chi connectivity index (χ2v) is 9.12. The summed E-state index contributed by atoms with van der Waals surface area (Å²) in [4.78, 5) is 23.2. The Morgan fingerprint density at radius 2 is 1.17 bits per heavy atom. The minimum absolute atomic E-state index is 0.205. The van der Waals surface area contributed by atoms with Crippen LogP contribution < -0.4 is 9.47 Å². The lowest BCUT2D eigenvalue weighted by Gasteiger charge is -2.42. The lowest BCUT2D eigenvalue weighted by Crippen LogP contribution is -2.40. The summed E-state index contributed by atoms with van der Waals surface area (Å²) in [5.74, 6) is 1.49. The third kappa shape index (κ3) is 4.42. The van der Waals surface area contributed by atoms with E-state index >= 15 is 0 Å². The monoisotopic (exact) mass is 418 g/mol. The summed E-state index contributed by atoms with van der Waals surface area (Å²) in [5.41, 5.74) is 3.89. The van der Waals surface area contributed by atoms with Crippen molar-refractivity contribution < 1.29 is 28.5 Å². The minimum Gasteiger partial charge on any atom is -0.487 e. The van der Waals surface area contributed by atoms with Crippen LogP contribution in [0.4, 0.5) is 0 Å². The topological polar surface area (TPSA) is 71.1 Å². The van der Waals surface area contributed by atoms with Crippen LogP contribution in [0.15, 0.2) is 0 Å². The molecule has 2 atom stereocenters. The van der Waals surface area contributed by atoms with Crippen molar-refractivity contribution >= 4 is 11.9 Å². The first-order valence-electron chi connectivity index (χ1n) is 10.8. The molecule has 0 spiro atoms. The fourth-order valence-corrected chi connectivity index (χ4v) is 4.54. The van der Waals surface area contributed by atoms with E-state index in [0.717, 1.165) is 48.3 Å². The summed E-state index contributed by atoms with van der Waals surface area (Å²) < 4.78 is 22.6. The molecule has 30 heavy (non-hydrogen) atoms. The zero-order valence-electron chi connectivity index (χ0n) is 19.1. The predicted octanol–water partition coefficient (Wildman–Crippen LogP) is 4.38. The van der Waals surface area contributed by atoms with Crippen molar-refractivity contribution in [2.75, 3.05) is 14.2 Å². The van der Waals surface area contributed by atoms with E-state index in [0.29, 0.717) is 25.7 Å². The quantitative estimate of drug-likeness (QED) is 0.639. The Balaban J connectivity index is 1.85. The van der Waals surface area contributed by atoms with Crippen LogP contribution in [0.2, 0.25) is 0 Å². The van der Waals surface area contributed by atoms with Gasteiger partial charge in [-0.05, 0) is 77.3 Å². The average molecular weight is 419 g/mol. The molecule has 0 saturated carbocycles. The van der Waals surface area contributed by atoms with Crippen LogP contribution in [0, 0.1) is 13.8 Å². The summed E-state index contributed by atoms with van der Waals surface area (Å²) in [7, 11) is 2.83. The van der Waals surface area contributed by atoms with Crippen molar-refractivity contribution in [3.05, 3.63) is 22.3 Å². The molecule has 6 nitrogen and oxygen atoms in total. The van der Waals surface area contributed by atoms with Crippen LogP contribution in [0.25, 0.3) is 0 Å². The molecule has 0 saturated heterocycles. The zero-order chi connectivity index (χ0) is 22.1. The van der Waals surface area contributed by atoms with E-state index in [4.69, 9.17) is 18.9 Å². The number of hydrogen-bond acceptors (Lipinski definition) is 6. The molecule has 1 aromatic rings. The predicted molar refractivity (Wildman–Crippen MR) is 113 cm³/mol. The molecule has 2 aliphatic heterocycles. The second kappa shape index (κ2) is 8.48. The third-order valence-electron chi connectivity index (χ3n) is 6.83. The molecule has 166 valence electrons. The van der Waals surface area contributed by atoms with E-state index in [1.807, 2.05) is 0 Å². The maximum Gasteiger partial charge on any atom is 0.305 e. The second-order valence-electron chi connectivity index (χ2n) is 9.12. The Bertz CT molecular complexity index is 776. The van der Waals surface area contributed by atoms with E-state index in [1.54, 1.807) is 0 Å². The van der Waals surface area contributed by atoms with Crippen LogP contribution in [0.1, 0.15) is 74.6 Å². The van der Waals surface area contributed by atoms with E-state index in [2.05, 4.69) is 27.7 Å². The van der Waals surface area contributed by atoms with Gasteiger partial charge in [0, 0.05) is 24.0 Å². The van der Waals surface area contributed by atoms with Crippen LogP contribution in [0.5, 0.6) is 11.5 Å². The summed E-state index contributed by atoms with van der Waals surface area (Å²) in [6, 6.07) is 0. The molecule has 3 rings (SSSR count). The fourth-order valence-electron chi connectivity index (χ4n) is 4.54. The molecule has 2 unspecified atom stereocenters. The van der Waals surface area contributed by atoms with Crippen molar-refractivity contribution in [2.24, 2.45) is 0 Å². The molecule has 2 aliphatic rings. The van der Waals surface area contributed by atoms with Gasteiger partial charge in [0.25, 0.3) is 0 Å². The maximum atomic E-state index is 11.6. The molecule has 0 bridgehead atoms. The van der Waals surface area contributed by atoms with Gasteiger partial charge in [-0.3, -0.25) is 9.59 Å². The first kappa shape index (κ1) is 22.4. The van der Waals surface area contributed by atoms with Crippen LogP contribution in [-0.4, -0.2) is 37.4 Å². The Morgan fingerprint density at radius 1 is 0.800 bits per heavy atom. The molecule has 0 amide bonds. The molecule has 0 aliphatic carbocycles. The van der Waals surface area contributed by atoms with E-state index in [-0.39, 0.29) is 23.1 Å². The van der Waals surface area contributed by atoms with Gasteiger partial charge >= 0.3 is 11.9 Å². The first-order valence-corrected chi connectivity index (χ1v) is 10.8. The Morgan fingerprint density at radius 3 is 1.50 bits per heavy atom. The number of methoxy groups -OCH3 is 2. The SMILES string of the molecule is COC(=O)CCC1(C)CCc2c3c(c(C)c(C)c2O1)OC(C)(CCC(=O)OC)CC3. The summed E-state index contributed by atoms with van der Waals surface area (Å²) >= 11 is 0. The van der Waals surface area contributed by atoms with Gasteiger partial charge in [-0.25, -0.2) is 0 Å². The highest BCUT2D eigenvalue weighted by Gasteiger charge is 2.39. The number of carbonyl (C=O) groups is 2. The van der Waals surface area contributed by atoms with Crippen molar-refractivity contribution in [1.82, 2.24) is 0 Å². The van der Waals surface area contributed by atoms with Gasteiger partial charge in [-0.15, -0.1) is 0 Å². The maximum absolute atomic E-state index is 11.6. The van der Waals surface area contributed by atoms with Gasteiger partial charge in [0.1, 0.15) is 22.7 Å². The van der Waals surface area contributed by atoms with E-state index < -0.39 is 0 Å². The molecular formula is C24H34O6. The third-order valence-corrected chi connectivity index (χ3v) is 6.83. The number of benzene rings is 1. The number of carbonyl (C=O) groups excluding carboxylic acids is 2. The summed E-state index contributed by atoms with van der Waals surface area (Å²) in [6.07, 6.45) is 5.49. The number of ether oxygens (including phenoxy) is 4. The highest BCUT2D eigenvalue weighted by molar-refractivity contribution is 5.69. The molecule has 6 heteroatoms. The fraction of sp³-hybridized carbons (Fsp3) is 0.667. The van der Waals surface area contributed by atoms with Gasteiger partial charge < -0.3 is 18.9 Å². The Kier molecular flexibility index (Phi) is 6.34. The highest BCUT2D eigenvalue weighted by atomic mass is 16.5. The Hall–Kier alpha value is -2.24. The normalized spacial score (nSPS) is 24.7. The Labute approximate surface area is 179 Å². The first-order chi connectivity index (χ1) is 14.1. The van der Waals surface area contributed by atoms with Gasteiger partial charge in [-0.1, -0.05) is 0 Å².